The van der Waals surface area contributed by atoms with Gasteiger partial charge in [-0.1, -0.05) is 5.10 Å². The lowest BCUT2D eigenvalue weighted by Gasteiger charge is -2.07. The number of anilines is 1. The lowest BCUT2D eigenvalue weighted by atomic mass is 10.1. The van der Waals surface area contributed by atoms with E-state index < -0.39 is 0 Å². The number of hydrogen-bond acceptors (Lipinski definition) is 5. The van der Waals surface area contributed by atoms with Gasteiger partial charge in [0.25, 0.3) is 0 Å². The number of rotatable bonds is 3. The number of amides is 1. The van der Waals surface area contributed by atoms with E-state index in [1.807, 2.05) is 0 Å². The molecule has 1 aliphatic rings. The van der Waals surface area contributed by atoms with E-state index in [1.165, 1.54) is 0 Å². The Balaban J connectivity index is 1.81. The molecular formula is C9H14N4O2. The van der Waals surface area contributed by atoms with Gasteiger partial charge in [-0.25, -0.2) is 0 Å². The number of hydrogen-bond donors (Lipinski definition) is 2. The van der Waals surface area contributed by atoms with Crippen LogP contribution >= 0.6 is 0 Å². The summed E-state index contributed by atoms with van der Waals surface area (Å²) in [6, 6.07) is 0.463. The minimum absolute atomic E-state index is 0.0851. The minimum Gasteiger partial charge on any atom is -0.408 e. The monoisotopic (exact) mass is 210 g/mol. The molecule has 1 fully saturated rings. The zero-order valence-electron chi connectivity index (χ0n) is 8.62. The van der Waals surface area contributed by atoms with Crippen LogP contribution in [0.3, 0.4) is 0 Å². The van der Waals surface area contributed by atoms with Crippen LogP contribution in [0.25, 0.3) is 0 Å². The van der Waals surface area contributed by atoms with Crippen molar-refractivity contribution in [2.24, 2.45) is 0 Å². The molecule has 0 spiro atoms. The van der Waals surface area contributed by atoms with Crippen molar-refractivity contribution in [3.63, 3.8) is 0 Å². The van der Waals surface area contributed by atoms with Crippen molar-refractivity contribution in [1.82, 2.24) is 15.5 Å². The number of nitrogens with one attached hydrogen (secondary N) is 2. The van der Waals surface area contributed by atoms with E-state index in [4.69, 9.17) is 4.42 Å². The molecule has 0 aliphatic carbocycles. The predicted molar refractivity (Wildman–Crippen MR) is 53.3 cm³/mol. The van der Waals surface area contributed by atoms with E-state index in [9.17, 15) is 4.79 Å². The second-order valence-corrected chi connectivity index (χ2v) is 3.67. The van der Waals surface area contributed by atoms with Crippen LogP contribution in [0.4, 0.5) is 6.01 Å². The van der Waals surface area contributed by atoms with E-state index in [1.54, 1.807) is 6.92 Å². The Kier molecular flexibility index (Phi) is 2.96. The van der Waals surface area contributed by atoms with Crippen molar-refractivity contribution in [1.29, 1.82) is 0 Å². The van der Waals surface area contributed by atoms with Gasteiger partial charge in [-0.15, -0.1) is 5.10 Å². The molecule has 6 nitrogen and oxygen atoms in total. The van der Waals surface area contributed by atoms with Crippen LogP contribution in [-0.2, 0) is 4.79 Å². The maximum Gasteiger partial charge on any atom is 0.322 e. The SMILES string of the molecule is Cc1nnc(NC(=O)CC2CCCN2)o1. The first kappa shape index (κ1) is 10.1. The fraction of sp³-hybridized carbons (Fsp3) is 0.667. The molecule has 1 unspecified atom stereocenters. The molecule has 1 atom stereocenters. The van der Waals surface area contributed by atoms with Crippen molar-refractivity contribution >= 4 is 11.9 Å². The third kappa shape index (κ3) is 2.76. The summed E-state index contributed by atoms with van der Waals surface area (Å²) in [5.41, 5.74) is 0. The van der Waals surface area contributed by atoms with Crippen LogP contribution in [0.5, 0.6) is 0 Å². The van der Waals surface area contributed by atoms with Crippen molar-refractivity contribution in [3.8, 4) is 0 Å². The average molecular weight is 210 g/mol. The smallest absolute Gasteiger partial charge is 0.322 e. The Morgan fingerprint density at radius 3 is 3.13 bits per heavy atom. The van der Waals surface area contributed by atoms with Crippen molar-refractivity contribution in [3.05, 3.63) is 5.89 Å². The zero-order valence-corrected chi connectivity index (χ0v) is 8.62. The summed E-state index contributed by atoms with van der Waals surface area (Å²) < 4.78 is 5.04. The van der Waals surface area contributed by atoms with E-state index >= 15 is 0 Å². The summed E-state index contributed by atoms with van der Waals surface area (Å²) in [7, 11) is 0. The lowest BCUT2D eigenvalue weighted by Crippen LogP contribution is -2.27. The average Bonchev–Trinajstić information content (AvgIpc) is 2.77. The van der Waals surface area contributed by atoms with Crippen molar-refractivity contribution in [2.45, 2.75) is 32.2 Å². The van der Waals surface area contributed by atoms with Crippen molar-refractivity contribution < 1.29 is 9.21 Å². The second kappa shape index (κ2) is 4.39. The summed E-state index contributed by atoms with van der Waals surface area (Å²) in [5.74, 6) is 0.363. The van der Waals surface area contributed by atoms with Crippen molar-refractivity contribution in [2.75, 3.05) is 11.9 Å². The zero-order chi connectivity index (χ0) is 10.7. The number of aryl methyl sites for hydroxylation is 1. The number of carbonyl (C=O) groups excluding carboxylic acids is 1. The molecule has 0 radical (unpaired) electrons. The van der Waals surface area contributed by atoms with E-state index in [0.29, 0.717) is 12.3 Å². The van der Waals surface area contributed by atoms with Gasteiger partial charge < -0.3 is 9.73 Å². The molecule has 0 bridgehead atoms. The summed E-state index contributed by atoms with van der Waals surface area (Å²) in [4.78, 5) is 11.5. The summed E-state index contributed by atoms with van der Waals surface area (Å²) in [6.07, 6.45) is 2.65. The highest BCUT2D eigenvalue weighted by Crippen LogP contribution is 2.10. The molecule has 1 aromatic heterocycles. The van der Waals surface area contributed by atoms with E-state index in [2.05, 4.69) is 20.8 Å². The van der Waals surface area contributed by atoms with Crippen LogP contribution in [0.15, 0.2) is 4.42 Å². The predicted octanol–water partition coefficient (Wildman–Crippen LogP) is 0.459. The van der Waals surface area contributed by atoms with Crippen LogP contribution in [0.1, 0.15) is 25.2 Å². The van der Waals surface area contributed by atoms with Crippen LogP contribution in [0, 0.1) is 6.92 Å². The highest BCUT2D eigenvalue weighted by molar-refractivity contribution is 5.88. The normalized spacial score (nSPS) is 20.5. The standard InChI is InChI=1S/C9H14N4O2/c1-6-12-13-9(15-6)11-8(14)5-7-3-2-4-10-7/h7,10H,2-5H2,1H3,(H,11,13,14). The third-order valence-electron chi connectivity index (χ3n) is 2.37. The van der Waals surface area contributed by atoms with Gasteiger partial charge >= 0.3 is 6.01 Å². The molecule has 2 N–H and O–H groups in total. The molecule has 6 heteroatoms. The van der Waals surface area contributed by atoms with Gasteiger partial charge in [0.2, 0.25) is 11.8 Å². The topological polar surface area (TPSA) is 80.0 Å². The van der Waals surface area contributed by atoms with Gasteiger partial charge in [0.15, 0.2) is 0 Å². The molecule has 1 aliphatic heterocycles. The van der Waals surface area contributed by atoms with Gasteiger partial charge in [0, 0.05) is 19.4 Å². The Hall–Kier alpha value is -1.43. The molecule has 1 aromatic rings. The van der Waals surface area contributed by atoms with E-state index in [0.717, 1.165) is 19.4 Å². The number of nitrogens with zero attached hydrogens (tertiary/aromatic N) is 2. The quantitative estimate of drug-likeness (QED) is 0.757. The van der Waals surface area contributed by atoms with Gasteiger partial charge in [0.1, 0.15) is 0 Å². The highest BCUT2D eigenvalue weighted by Gasteiger charge is 2.18. The molecule has 2 heterocycles. The second-order valence-electron chi connectivity index (χ2n) is 3.67. The maximum atomic E-state index is 11.5. The first-order valence-electron chi connectivity index (χ1n) is 5.07. The Morgan fingerprint density at radius 1 is 1.67 bits per heavy atom. The van der Waals surface area contributed by atoms with Crippen LogP contribution in [-0.4, -0.2) is 28.7 Å². The van der Waals surface area contributed by atoms with E-state index in [-0.39, 0.29) is 18.0 Å². The molecule has 1 saturated heterocycles. The number of aromatic nitrogens is 2. The third-order valence-corrected chi connectivity index (χ3v) is 2.37. The van der Waals surface area contributed by atoms with Gasteiger partial charge in [0.05, 0.1) is 0 Å². The molecule has 82 valence electrons. The molecule has 15 heavy (non-hydrogen) atoms. The Morgan fingerprint density at radius 2 is 2.53 bits per heavy atom. The molecular weight excluding hydrogens is 196 g/mol. The first-order chi connectivity index (χ1) is 7.24. The Bertz CT molecular complexity index is 344. The van der Waals surface area contributed by atoms with Crippen LogP contribution in [0.2, 0.25) is 0 Å². The summed E-state index contributed by atoms with van der Waals surface area (Å²) in [6.45, 7) is 2.68. The molecule has 1 amide bonds. The molecule has 2 rings (SSSR count). The fourth-order valence-corrected chi connectivity index (χ4v) is 1.67. The molecule has 0 saturated carbocycles. The first-order valence-corrected chi connectivity index (χ1v) is 5.07. The minimum atomic E-state index is -0.0851. The fourth-order valence-electron chi connectivity index (χ4n) is 1.67. The Labute approximate surface area is 87.4 Å². The van der Waals surface area contributed by atoms with Gasteiger partial charge in [-0.3, -0.25) is 10.1 Å². The van der Waals surface area contributed by atoms with Gasteiger partial charge in [-0.2, -0.15) is 0 Å². The van der Waals surface area contributed by atoms with Crippen LogP contribution < -0.4 is 10.6 Å². The highest BCUT2D eigenvalue weighted by atomic mass is 16.4. The van der Waals surface area contributed by atoms with Gasteiger partial charge in [-0.05, 0) is 19.4 Å². The lowest BCUT2D eigenvalue weighted by molar-refractivity contribution is -0.116. The number of carbonyl (C=O) groups is 1. The largest absolute Gasteiger partial charge is 0.408 e. The summed E-state index contributed by atoms with van der Waals surface area (Å²) in [5, 5.41) is 13.1. The molecule has 0 aromatic carbocycles. The maximum absolute atomic E-state index is 11.5. The summed E-state index contributed by atoms with van der Waals surface area (Å²) >= 11 is 0.